The van der Waals surface area contributed by atoms with Crippen LogP contribution in [0.15, 0.2) is 66.0 Å². The summed E-state index contributed by atoms with van der Waals surface area (Å²) in [6.45, 7) is 0. The molecule has 0 aliphatic carbocycles. The summed E-state index contributed by atoms with van der Waals surface area (Å²) in [6, 6.07) is 16.1. The summed E-state index contributed by atoms with van der Waals surface area (Å²) in [5.74, 6) is -1.17. The number of aromatic carboxylic acids is 1. The second-order valence-electron chi connectivity index (χ2n) is 6.57. The highest BCUT2D eigenvalue weighted by Gasteiger charge is 2.18. The molecule has 0 spiro atoms. The quantitative estimate of drug-likeness (QED) is 0.365. The highest BCUT2D eigenvalue weighted by atomic mass is 35.5. The molecule has 9 heteroatoms. The second kappa shape index (κ2) is 8.76. The van der Waals surface area contributed by atoms with Gasteiger partial charge < -0.3 is 20.7 Å². The maximum absolute atomic E-state index is 11.9. The molecule has 0 atom stereocenters. The van der Waals surface area contributed by atoms with Crippen LogP contribution in [0.25, 0.3) is 33.0 Å². The van der Waals surface area contributed by atoms with Crippen molar-refractivity contribution in [3.63, 3.8) is 0 Å². The highest BCUT2D eigenvalue weighted by molar-refractivity contribution is 7.13. The van der Waals surface area contributed by atoms with Crippen molar-refractivity contribution in [3.05, 3.63) is 92.1 Å². The molecule has 0 saturated carbocycles. The number of quaternary nitrogens is 1. The fourth-order valence-corrected chi connectivity index (χ4v) is 4.30. The lowest BCUT2D eigenvalue weighted by atomic mass is 9.96. The molecule has 1 heterocycles. The standard InChI is InChI=1S/C22H13Cl2N2O4S/c23-17-8-6-12(10-18(17)24)19-11-31-21(25-19)13-5-7-14(16(9-13)22(27)28)15-3-1-2-4-20(15)26(29)30/h1-11,26H,(H,27,28)/q-1. The first-order valence-corrected chi connectivity index (χ1v) is 10.6. The summed E-state index contributed by atoms with van der Waals surface area (Å²) in [6.07, 6.45) is 0. The van der Waals surface area contributed by atoms with Gasteiger partial charge in [-0.15, -0.1) is 11.3 Å². The molecular formula is C22H13Cl2N2O4S-. The number of hydrogen-bond acceptors (Lipinski definition) is 5. The molecule has 0 aliphatic rings. The van der Waals surface area contributed by atoms with Crippen molar-refractivity contribution in [3.8, 4) is 33.0 Å². The molecule has 3 aromatic carbocycles. The smallest absolute Gasteiger partial charge is 0.336 e. The molecule has 0 aliphatic heterocycles. The zero-order valence-corrected chi connectivity index (χ0v) is 18.0. The van der Waals surface area contributed by atoms with Crippen molar-refractivity contribution in [1.29, 1.82) is 0 Å². The number of carbonyl (C=O) groups is 1. The number of halogens is 2. The summed E-state index contributed by atoms with van der Waals surface area (Å²) in [7, 11) is 0. The Morgan fingerprint density at radius 2 is 1.68 bits per heavy atom. The molecule has 0 saturated heterocycles. The largest absolute Gasteiger partial charge is 0.628 e. The Balaban J connectivity index is 1.77. The summed E-state index contributed by atoms with van der Waals surface area (Å²) in [4.78, 5) is 16.5. The summed E-state index contributed by atoms with van der Waals surface area (Å²) in [5.41, 5.74) is 2.53. The monoisotopic (exact) mass is 471 g/mol. The summed E-state index contributed by atoms with van der Waals surface area (Å²) < 4.78 is 0. The first-order chi connectivity index (χ1) is 14.8. The Morgan fingerprint density at radius 3 is 2.39 bits per heavy atom. The van der Waals surface area contributed by atoms with Crippen molar-refractivity contribution in [1.82, 2.24) is 4.98 Å². The zero-order valence-electron chi connectivity index (χ0n) is 15.6. The predicted octanol–water partition coefficient (Wildman–Crippen LogP) is 5.66. The van der Waals surface area contributed by atoms with E-state index >= 15 is 0 Å². The van der Waals surface area contributed by atoms with E-state index in [1.165, 1.54) is 23.5 Å². The predicted molar refractivity (Wildman–Crippen MR) is 123 cm³/mol. The van der Waals surface area contributed by atoms with Gasteiger partial charge in [-0.3, -0.25) is 0 Å². The fraction of sp³-hybridized carbons (Fsp3) is 0. The van der Waals surface area contributed by atoms with Gasteiger partial charge >= 0.3 is 5.97 Å². The van der Waals surface area contributed by atoms with Gasteiger partial charge in [0.2, 0.25) is 0 Å². The second-order valence-corrected chi connectivity index (χ2v) is 8.24. The van der Waals surface area contributed by atoms with E-state index in [2.05, 4.69) is 4.98 Å². The Bertz CT molecular complexity index is 1290. The van der Waals surface area contributed by atoms with Gasteiger partial charge in [0.25, 0.3) is 0 Å². The third-order valence-corrected chi connectivity index (χ3v) is 6.28. The highest BCUT2D eigenvalue weighted by Crippen LogP contribution is 2.35. The summed E-state index contributed by atoms with van der Waals surface area (Å²) >= 11 is 13.4. The van der Waals surface area contributed by atoms with Crippen LogP contribution in [0.5, 0.6) is 0 Å². The molecule has 31 heavy (non-hydrogen) atoms. The van der Waals surface area contributed by atoms with Gasteiger partial charge in [-0.1, -0.05) is 53.5 Å². The number of nitrogens with one attached hydrogen (secondary N) is 1. The summed E-state index contributed by atoms with van der Waals surface area (Å²) in [5, 5.41) is 34.6. The molecule has 0 amide bonds. The van der Waals surface area contributed by atoms with Gasteiger partial charge in [0.1, 0.15) is 10.7 Å². The first-order valence-electron chi connectivity index (χ1n) is 8.94. The van der Waals surface area contributed by atoms with E-state index in [0.717, 1.165) is 5.56 Å². The third-order valence-electron chi connectivity index (χ3n) is 4.65. The molecule has 1 aromatic heterocycles. The third kappa shape index (κ3) is 4.33. The number of nitrogens with zero attached hydrogens (tertiary/aromatic N) is 1. The van der Waals surface area contributed by atoms with E-state index in [1.807, 2.05) is 5.38 Å². The fourth-order valence-electron chi connectivity index (χ4n) is 3.18. The molecule has 156 valence electrons. The SMILES string of the molecule is O=C(O)c1cc(-c2nc(-c3ccc(Cl)c(Cl)c3)cs2)ccc1-c1ccccc1[NH+]([O-])[O-]. The topological polar surface area (TPSA) is 101 Å². The van der Waals surface area contributed by atoms with Gasteiger partial charge in [0, 0.05) is 33.7 Å². The van der Waals surface area contributed by atoms with Crippen LogP contribution in [0.3, 0.4) is 0 Å². The molecule has 4 aromatic rings. The molecule has 2 N–H and O–H groups in total. The zero-order chi connectivity index (χ0) is 22.1. The van der Waals surface area contributed by atoms with E-state index in [1.54, 1.807) is 48.5 Å². The van der Waals surface area contributed by atoms with E-state index < -0.39 is 11.2 Å². The number of thiazole rings is 1. The minimum Gasteiger partial charge on any atom is -0.628 e. The number of aromatic nitrogens is 1. The lowest BCUT2D eigenvalue weighted by molar-refractivity contribution is -0.714. The minimum absolute atomic E-state index is 0.0301. The van der Waals surface area contributed by atoms with Gasteiger partial charge in [-0.2, -0.15) is 0 Å². The number of carboxylic acid groups (broad SMARTS) is 1. The van der Waals surface area contributed by atoms with Gasteiger partial charge in [0.05, 0.1) is 21.3 Å². The lowest BCUT2D eigenvalue weighted by Gasteiger charge is -2.27. The van der Waals surface area contributed by atoms with Crippen LogP contribution in [0, 0.1) is 10.4 Å². The first kappa shape index (κ1) is 21.5. The van der Waals surface area contributed by atoms with Crippen LogP contribution in [-0.2, 0) is 0 Å². The molecule has 0 bridgehead atoms. The molecular weight excluding hydrogens is 459 g/mol. The molecule has 4 rings (SSSR count). The average molecular weight is 472 g/mol. The Morgan fingerprint density at radius 1 is 0.935 bits per heavy atom. The van der Waals surface area contributed by atoms with E-state index in [-0.39, 0.29) is 22.4 Å². The van der Waals surface area contributed by atoms with E-state index in [4.69, 9.17) is 23.2 Å². The molecule has 0 radical (unpaired) electrons. The van der Waals surface area contributed by atoms with Gasteiger partial charge in [-0.05, 0) is 24.3 Å². The van der Waals surface area contributed by atoms with Crippen molar-refractivity contribution < 1.29 is 15.1 Å². The van der Waals surface area contributed by atoms with Crippen LogP contribution >= 0.6 is 34.5 Å². The van der Waals surface area contributed by atoms with Gasteiger partial charge in [-0.25, -0.2) is 9.78 Å². The minimum atomic E-state index is -1.37. The van der Waals surface area contributed by atoms with Gasteiger partial charge in [0.15, 0.2) is 0 Å². The maximum atomic E-state index is 11.9. The number of carboxylic acids is 1. The Labute approximate surface area is 191 Å². The van der Waals surface area contributed by atoms with Crippen LogP contribution in [0.4, 0.5) is 5.69 Å². The Hall–Kier alpha value is -2.78. The van der Waals surface area contributed by atoms with Crippen molar-refractivity contribution in [2.75, 3.05) is 0 Å². The number of rotatable bonds is 5. The van der Waals surface area contributed by atoms with Crippen molar-refractivity contribution in [2.24, 2.45) is 0 Å². The average Bonchev–Trinajstić information content (AvgIpc) is 3.25. The van der Waals surface area contributed by atoms with Crippen LogP contribution < -0.4 is 5.23 Å². The normalized spacial score (nSPS) is 11.1. The van der Waals surface area contributed by atoms with E-state index in [0.29, 0.717) is 26.3 Å². The Kier molecular flexibility index (Phi) is 6.06. The number of benzene rings is 3. The maximum Gasteiger partial charge on any atom is 0.336 e. The van der Waals surface area contributed by atoms with Crippen LogP contribution in [-0.4, -0.2) is 16.1 Å². The van der Waals surface area contributed by atoms with Crippen molar-refractivity contribution >= 4 is 46.2 Å². The molecule has 0 unspecified atom stereocenters. The molecule has 0 fully saturated rings. The lowest BCUT2D eigenvalue weighted by Crippen LogP contribution is -2.96. The van der Waals surface area contributed by atoms with Crippen LogP contribution in [0.1, 0.15) is 10.4 Å². The van der Waals surface area contributed by atoms with Crippen molar-refractivity contribution in [2.45, 2.75) is 0 Å². The van der Waals surface area contributed by atoms with Crippen LogP contribution in [0.2, 0.25) is 10.0 Å². The molecule has 6 nitrogen and oxygen atoms in total. The van der Waals surface area contributed by atoms with E-state index in [9.17, 15) is 20.3 Å². The number of hydrogen-bond donors (Lipinski definition) is 2.